The Morgan fingerprint density at radius 1 is 1.46 bits per heavy atom. The van der Waals surface area contributed by atoms with Crippen LogP contribution in [0.1, 0.15) is 17.6 Å². The molecule has 2 heterocycles. The molecule has 13 heavy (non-hydrogen) atoms. The molecule has 0 saturated heterocycles. The minimum Gasteiger partial charge on any atom is -0.221 e. The van der Waals surface area contributed by atoms with Crippen LogP contribution in [-0.2, 0) is 0 Å². The molecule has 68 valence electrons. The fourth-order valence-corrected chi connectivity index (χ4v) is 1.21. The number of aromatic nitrogens is 3. The van der Waals surface area contributed by atoms with E-state index >= 15 is 0 Å². The predicted octanol–water partition coefficient (Wildman–Crippen LogP) is 1.98. The third kappa shape index (κ3) is 1.26. The van der Waals surface area contributed by atoms with Crippen molar-refractivity contribution in [3.8, 4) is 0 Å². The van der Waals surface area contributed by atoms with Crippen LogP contribution in [0.2, 0.25) is 0 Å². The lowest BCUT2D eigenvalue weighted by Crippen LogP contribution is -1.95. The Bertz CT molecular complexity index is 436. The van der Waals surface area contributed by atoms with E-state index in [9.17, 15) is 8.78 Å². The van der Waals surface area contributed by atoms with Gasteiger partial charge in [-0.05, 0) is 18.6 Å². The number of hydrogen-bond acceptors (Lipinski definition) is 2. The van der Waals surface area contributed by atoms with E-state index in [4.69, 9.17) is 0 Å². The first-order chi connectivity index (χ1) is 6.18. The second kappa shape index (κ2) is 2.76. The topological polar surface area (TPSA) is 30.2 Å². The second-order valence-electron chi connectivity index (χ2n) is 2.78. The maximum absolute atomic E-state index is 12.4. The average molecular weight is 183 g/mol. The van der Waals surface area contributed by atoms with Crippen molar-refractivity contribution in [1.29, 1.82) is 0 Å². The number of halogens is 2. The van der Waals surface area contributed by atoms with E-state index in [0.29, 0.717) is 11.2 Å². The molecule has 0 spiro atoms. The highest BCUT2D eigenvalue weighted by atomic mass is 19.3. The third-order valence-corrected chi connectivity index (χ3v) is 1.89. The molecule has 0 aromatic carbocycles. The van der Waals surface area contributed by atoms with E-state index in [0.717, 1.165) is 0 Å². The van der Waals surface area contributed by atoms with E-state index in [1.54, 1.807) is 13.1 Å². The minimum absolute atomic E-state index is 0.0144. The molecular formula is C8H7F2N3. The number of aryl methyl sites for hydroxylation is 1. The molecule has 0 bridgehead atoms. The van der Waals surface area contributed by atoms with Crippen LogP contribution in [0.15, 0.2) is 18.6 Å². The summed E-state index contributed by atoms with van der Waals surface area (Å²) in [5.41, 5.74) is 0.981. The molecule has 0 aliphatic heterocycles. The summed E-state index contributed by atoms with van der Waals surface area (Å²) in [4.78, 5) is 3.82. The van der Waals surface area contributed by atoms with Gasteiger partial charge in [0.15, 0.2) is 5.65 Å². The number of pyridine rings is 1. The van der Waals surface area contributed by atoms with E-state index < -0.39 is 6.43 Å². The van der Waals surface area contributed by atoms with Crippen molar-refractivity contribution in [3.05, 3.63) is 29.7 Å². The third-order valence-electron chi connectivity index (χ3n) is 1.89. The summed E-state index contributed by atoms with van der Waals surface area (Å²) in [6.45, 7) is 1.63. The van der Waals surface area contributed by atoms with E-state index in [2.05, 4.69) is 10.1 Å². The summed E-state index contributed by atoms with van der Waals surface area (Å²) in [6, 6.07) is 1.35. The highest BCUT2D eigenvalue weighted by molar-refractivity contribution is 5.43. The lowest BCUT2D eigenvalue weighted by Gasteiger charge is -2.03. The van der Waals surface area contributed by atoms with Gasteiger partial charge in [-0.1, -0.05) is 0 Å². The molecule has 2 aromatic heterocycles. The molecule has 0 unspecified atom stereocenters. The average Bonchev–Trinajstić information content (AvgIpc) is 2.48. The SMILES string of the molecule is Cc1cn2ncnc2cc1C(F)F. The highest BCUT2D eigenvalue weighted by Gasteiger charge is 2.11. The van der Waals surface area contributed by atoms with Crippen LogP contribution >= 0.6 is 0 Å². The van der Waals surface area contributed by atoms with Crippen LogP contribution in [0, 0.1) is 6.92 Å². The molecule has 2 rings (SSSR count). The van der Waals surface area contributed by atoms with Crippen molar-refractivity contribution >= 4 is 5.65 Å². The molecule has 0 atom stereocenters. The zero-order valence-corrected chi connectivity index (χ0v) is 6.91. The summed E-state index contributed by atoms with van der Waals surface area (Å²) >= 11 is 0. The Labute approximate surface area is 73.0 Å². The van der Waals surface area contributed by atoms with Crippen molar-refractivity contribution in [1.82, 2.24) is 14.6 Å². The number of nitrogens with zero attached hydrogens (tertiary/aromatic N) is 3. The van der Waals surface area contributed by atoms with Crippen molar-refractivity contribution in [2.75, 3.05) is 0 Å². The fourth-order valence-electron chi connectivity index (χ4n) is 1.21. The standard InChI is InChI=1S/C8H7F2N3/c1-5-3-13-7(11-4-12-13)2-6(5)8(9)10/h2-4,8H,1H3. The largest absolute Gasteiger partial charge is 0.264 e. The van der Waals surface area contributed by atoms with Crippen molar-refractivity contribution < 1.29 is 8.78 Å². The highest BCUT2D eigenvalue weighted by Crippen LogP contribution is 2.22. The molecule has 0 aliphatic rings. The maximum Gasteiger partial charge on any atom is 0.264 e. The van der Waals surface area contributed by atoms with Gasteiger partial charge < -0.3 is 0 Å². The number of hydrogen-bond donors (Lipinski definition) is 0. The molecule has 0 N–H and O–H groups in total. The monoisotopic (exact) mass is 183 g/mol. The Morgan fingerprint density at radius 3 is 2.92 bits per heavy atom. The first-order valence-corrected chi connectivity index (χ1v) is 3.76. The minimum atomic E-state index is -2.46. The van der Waals surface area contributed by atoms with Crippen molar-refractivity contribution in [2.45, 2.75) is 13.3 Å². The molecular weight excluding hydrogens is 176 g/mol. The normalized spacial score (nSPS) is 11.4. The zero-order chi connectivity index (χ0) is 9.42. The van der Waals surface area contributed by atoms with Crippen LogP contribution in [0.3, 0.4) is 0 Å². The number of alkyl halides is 2. The second-order valence-corrected chi connectivity index (χ2v) is 2.78. The molecule has 0 radical (unpaired) electrons. The van der Waals surface area contributed by atoms with Crippen molar-refractivity contribution in [2.24, 2.45) is 0 Å². The summed E-state index contributed by atoms with van der Waals surface area (Å²) in [6.07, 6.45) is 0.426. The predicted molar refractivity (Wildman–Crippen MR) is 42.7 cm³/mol. The molecule has 0 aliphatic carbocycles. The summed E-state index contributed by atoms with van der Waals surface area (Å²) in [5, 5.41) is 3.84. The first kappa shape index (κ1) is 8.10. The van der Waals surface area contributed by atoms with Gasteiger partial charge in [-0.3, -0.25) is 0 Å². The molecule has 0 amide bonds. The van der Waals surface area contributed by atoms with Gasteiger partial charge in [-0.15, -0.1) is 0 Å². The summed E-state index contributed by atoms with van der Waals surface area (Å²) in [7, 11) is 0. The van der Waals surface area contributed by atoms with Gasteiger partial charge in [0.25, 0.3) is 6.43 Å². The van der Waals surface area contributed by atoms with Gasteiger partial charge in [0.2, 0.25) is 0 Å². The maximum atomic E-state index is 12.4. The molecule has 2 aromatic rings. The fraction of sp³-hybridized carbons (Fsp3) is 0.250. The first-order valence-electron chi connectivity index (χ1n) is 3.76. The lowest BCUT2D eigenvalue weighted by atomic mass is 10.2. The van der Waals surface area contributed by atoms with E-state index in [1.165, 1.54) is 16.9 Å². The quantitative estimate of drug-likeness (QED) is 0.676. The smallest absolute Gasteiger partial charge is 0.221 e. The lowest BCUT2D eigenvalue weighted by molar-refractivity contribution is 0.150. The number of rotatable bonds is 1. The zero-order valence-electron chi connectivity index (χ0n) is 6.91. The van der Waals surface area contributed by atoms with Gasteiger partial charge in [0.05, 0.1) is 0 Å². The Kier molecular flexibility index (Phi) is 1.72. The number of fused-ring (bicyclic) bond motifs is 1. The van der Waals surface area contributed by atoms with Crippen LogP contribution < -0.4 is 0 Å². The Balaban J connectivity index is 2.69. The molecule has 3 nitrogen and oxygen atoms in total. The van der Waals surface area contributed by atoms with Gasteiger partial charge >= 0.3 is 0 Å². The van der Waals surface area contributed by atoms with Crippen LogP contribution in [-0.4, -0.2) is 14.6 Å². The van der Waals surface area contributed by atoms with E-state index in [-0.39, 0.29) is 5.56 Å². The van der Waals surface area contributed by atoms with Gasteiger partial charge in [0.1, 0.15) is 6.33 Å². The molecule has 0 fully saturated rings. The Morgan fingerprint density at radius 2 is 2.23 bits per heavy atom. The van der Waals surface area contributed by atoms with Gasteiger partial charge in [-0.25, -0.2) is 18.3 Å². The molecule has 0 saturated carbocycles. The van der Waals surface area contributed by atoms with Crippen LogP contribution in [0.4, 0.5) is 8.78 Å². The summed E-state index contributed by atoms with van der Waals surface area (Å²) in [5.74, 6) is 0. The van der Waals surface area contributed by atoms with Crippen LogP contribution in [0.25, 0.3) is 5.65 Å². The summed E-state index contributed by atoms with van der Waals surface area (Å²) < 4.78 is 26.3. The van der Waals surface area contributed by atoms with Gasteiger partial charge in [-0.2, -0.15) is 5.10 Å². The van der Waals surface area contributed by atoms with Crippen molar-refractivity contribution in [3.63, 3.8) is 0 Å². The Hall–Kier alpha value is -1.52. The van der Waals surface area contributed by atoms with E-state index in [1.807, 2.05) is 0 Å². The van der Waals surface area contributed by atoms with Crippen LogP contribution in [0.5, 0.6) is 0 Å². The van der Waals surface area contributed by atoms with Gasteiger partial charge in [0, 0.05) is 11.8 Å². The molecule has 5 heteroatoms.